The molecule has 0 bridgehead atoms. The summed E-state index contributed by atoms with van der Waals surface area (Å²) in [6.07, 6.45) is 4.56. The van der Waals surface area contributed by atoms with Gasteiger partial charge in [-0.3, -0.25) is 14.7 Å². The van der Waals surface area contributed by atoms with Crippen molar-refractivity contribution in [2.24, 2.45) is 0 Å². The predicted octanol–water partition coefficient (Wildman–Crippen LogP) is 6.01. The van der Waals surface area contributed by atoms with E-state index in [4.69, 9.17) is 4.74 Å². The van der Waals surface area contributed by atoms with Gasteiger partial charge in [0, 0.05) is 34.5 Å². The van der Waals surface area contributed by atoms with Crippen molar-refractivity contribution in [2.75, 3.05) is 4.72 Å². The number of nitrogens with one attached hydrogen (secondary N) is 1. The van der Waals surface area contributed by atoms with Gasteiger partial charge in [0.25, 0.3) is 10.0 Å². The first-order valence-electron chi connectivity index (χ1n) is 10.8. The second-order valence-electron chi connectivity index (χ2n) is 7.79. The van der Waals surface area contributed by atoms with E-state index in [0.29, 0.717) is 22.4 Å². The highest BCUT2D eigenvalue weighted by molar-refractivity contribution is 7.92. The molecule has 38 heavy (non-hydrogen) atoms. The number of nitriles is 1. The fourth-order valence-corrected chi connectivity index (χ4v) is 5.10. The normalized spacial score (nSPS) is 11.1. The van der Waals surface area contributed by atoms with Gasteiger partial charge in [-0.05, 0) is 48.5 Å². The summed E-state index contributed by atoms with van der Waals surface area (Å²) in [6.45, 7) is 0. The van der Waals surface area contributed by atoms with E-state index in [1.807, 2.05) is 6.07 Å². The lowest BCUT2D eigenvalue weighted by Crippen LogP contribution is -2.13. The van der Waals surface area contributed by atoms with Crippen LogP contribution in [0.4, 0.5) is 14.6 Å². The highest BCUT2D eigenvalue weighted by atomic mass is 32.2. The molecule has 2 aromatic carbocycles. The average Bonchev–Trinajstić information content (AvgIpc) is 3.43. The van der Waals surface area contributed by atoms with Gasteiger partial charge in [-0.25, -0.2) is 22.2 Å². The van der Waals surface area contributed by atoms with Crippen LogP contribution in [-0.4, -0.2) is 23.4 Å². The molecule has 3 aromatic heterocycles. The minimum absolute atomic E-state index is 0.0343. The molecule has 0 aliphatic carbocycles. The van der Waals surface area contributed by atoms with Crippen LogP contribution in [0.1, 0.15) is 5.56 Å². The molecule has 0 fully saturated rings. The van der Waals surface area contributed by atoms with Crippen LogP contribution in [0.15, 0.2) is 89.0 Å². The quantitative estimate of drug-likeness (QED) is 0.265. The van der Waals surface area contributed by atoms with Crippen molar-refractivity contribution in [2.45, 2.75) is 4.90 Å². The lowest BCUT2D eigenvalue weighted by atomic mass is 10.0. The van der Waals surface area contributed by atoms with Gasteiger partial charge in [0.2, 0.25) is 0 Å². The first kappa shape index (κ1) is 24.9. The van der Waals surface area contributed by atoms with E-state index >= 15 is 0 Å². The fourth-order valence-electron chi connectivity index (χ4n) is 3.52. The second-order valence-corrected chi connectivity index (χ2v) is 10.2. The highest BCUT2D eigenvalue weighted by Crippen LogP contribution is 2.37. The smallest absolute Gasteiger partial charge is 0.263 e. The third-order valence-corrected chi connectivity index (χ3v) is 7.27. The largest absolute Gasteiger partial charge is 0.454 e. The van der Waals surface area contributed by atoms with Crippen LogP contribution in [0.3, 0.4) is 0 Å². The van der Waals surface area contributed by atoms with E-state index < -0.39 is 21.7 Å². The van der Waals surface area contributed by atoms with Crippen molar-refractivity contribution in [3.05, 3.63) is 101 Å². The van der Waals surface area contributed by atoms with Gasteiger partial charge in [-0.15, -0.1) is 11.3 Å². The summed E-state index contributed by atoms with van der Waals surface area (Å²) in [7, 11) is -3.99. The Morgan fingerprint density at radius 3 is 2.53 bits per heavy atom. The molecule has 5 aromatic rings. The monoisotopic (exact) mass is 547 g/mol. The molecule has 188 valence electrons. The van der Waals surface area contributed by atoms with Crippen LogP contribution >= 0.6 is 11.3 Å². The molecule has 1 N–H and O–H groups in total. The molecule has 0 saturated carbocycles. The molecule has 0 aliphatic rings. The molecule has 3 heterocycles. The molecule has 0 saturated heterocycles. The maximum Gasteiger partial charge on any atom is 0.263 e. The lowest BCUT2D eigenvalue weighted by Gasteiger charge is -2.14. The predicted molar refractivity (Wildman–Crippen MR) is 137 cm³/mol. The van der Waals surface area contributed by atoms with Gasteiger partial charge in [-0.1, -0.05) is 6.07 Å². The summed E-state index contributed by atoms with van der Waals surface area (Å²) in [5.41, 5.74) is 3.30. The van der Waals surface area contributed by atoms with Gasteiger partial charge < -0.3 is 4.74 Å². The summed E-state index contributed by atoms with van der Waals surface area (Å²) >= 11 is 1.23. The number of hydrogen-bond acceptors (Lipinski definition) is 8. The third-order valence-electron chi connectivity index (χ3n) is 5.33. The molecule has 8 nitrogen and oxygen atoms in total. The Hall–Kier alpha value is -4.73. The Bertz CT molecular complexity index is 1780. The van der Waals surface area contributed by atoms with Gasteiger partial charge in [-0.2, -0.15) is 5.26 Å². The second kappa shape index (κ2) is 10.3. The number of hydrogen-bond donors (Lipinski definition) is 1. The fraction of sp³-hybridized carbons (Fsp3) is 0. The maximum absolute atomic E-state index is 13.8. The van der Waals surface area contributed by atoms with E-state index in [1.54, 1.807) is 30.6 Å². The summed E-state index contributed by atoms with van der Waals surface area (Å²) in [6, 6.07) is 14.4. The molecule has 0 unspecified atom stereocenters. The van der Waals surface area contributed by atoms with Crippen LogP contribution in [0.2, 0.25) is 0 Å². The number of ether oxygens (including phenoxy) is 1. The minimum Gasteiger partial charge on any atom is -0.454 e. The number of sulfonamides is 1. The van der Waals surface area contributed by atoms with Crippen LogP contribution in [0.25, 0.3) is 22.4 Å². The van der Waals surface area contributed by atoms with Crippen LogP contribution in [0, 0.1) is 23.0 Å². The van der Waals surface area contributed by atoms with E-state index in [2.05, 4.69) is 19.7 Å². The standard InChI is InChI=1S/C26H15F2N5O3S2/c27-21-5-3-16(9-22(21)28)23-10-20(17-2-1-7-30-12-17)25(13-31-23)36-24-6-4-19(8-18(24)11-29)38(34,35)33-26-14-37-15-32-26/h1-10,12-15,33H. The molecule has 0 aliphatic heterocycles. The van der Waals surface area contributed by atoms with Gasteiger partial charge >= 0.3 is 0 Å². The Balaban J connectivity index is 1.53. The van der Waals surface area contributed by atoms with Crippen LogP contribution < -0.4 is 9.46 Å². The highest BCUT2D eigenvalue weighted by Gasteiger charge is 2.19. The summed E-state index contributed by atoms with van der Waals surface area (Å²) in [5, 5.41) is 11.3. The van der Waals surface area contributed by atoms with Crippen LogP contribution in [0.5, 0.6) is 11.5 Å². The van der Waals surface area contributed by atoms with E-state index in [-0.39, 0.29) is 27.8 Å². The molecule has 12 heteroatoms. The summed E-state index contributed by atoms with van der Waals surface area (Å²) < 4.78 is 61.1. The van der Waals surface area contributed by atoms with Crippen molar-refractivity contribution in [1.29, 1.82) is 5.26 Å². The Labute approximate surface area is 219 Å². The van der Waals surface area contributed by atoms with Crippen molar-refractivity contribution in [1.82, 2.24) is 15.0 Å². The van der Waals surface area contributed by atoms with Crippen molar-refractivity contribution < 1.29 is 21.9 Å². The van der Waals surface area contributed by atoms with E-state index in [9.17, 15) is 22.5 Å². The SMILES string of the molecule is N#Cc1cc(S(=O)(=O)Nc2cscn2)ccc1Oc1cnc(-c2ccc(F)c(F)c2)cc1-c1cccnc1. The Morgan fingerprint density at radius 2 is 1.82 bits per heavy atom. The number of pyridine rings is 2. The molecule has 0 spiro atoms. The summed E-state index contributed by atoms with van der Waals surface area (Å²) in [5.74, 6) is -1.49. The van der Waals surface area contributed by atoms with Gasteiger partial charge in [0.1, 0.15) is 11.8 Å². The minimum atomic E-state index is -3.99. The van der Waals surface area contributed by atoms with Gasteiger partial charge in [0.15, 0.2) is 23.2 Å². The number of thiazole rings is 1. The molecule has 5 rings (SSSR count). The Morgan fingerprint density at radius 1 is 0.947 bits per heavy atom. The first-order chi connectivity index (χ1) is 18.3. The summed E-state index contributed by atoms with van der Waals surface area (Å²) in [4.78, 5) is 12.2. The topological polar surface area (TPSA) is 118 Å². The number of benzene rings is 2. The number of anilines is 1. The average molecular weight is 548 g/mol. The lowest BCUT2D eigenvalue weighted by molar-refractivity contribution is 0.480. The number of halogens is 2. The molecule has 0 atom stereocenters. The molecule has 0 radical (unpaired) electrons. The maximum atomic E-state index is 13.8. The third kappa shape index (κ3) is 5.19. The molecular weight excluding hydrogens is 532 g/mol. The van der Waals surface area contributed by atoms with Crippen LogP contribution in [-0.2, 0) is 10.0 Å². The number of nitrogens with zero attached hydrogens (tertiary/aromatic N) is 4. The first-order valence-corrected chi connectivity index (χ1v) is 13.3. The number of rotatable bonds is 7. The zero-order chi connectivity index (χ0) is 26.7. The van der Waals surface area contributed by atoms with Crippen molar-refractivity contribution >= 4 is 27.2 Å². The molecular formula is C26H15F2N5O3S2. The Kier molecular flexibility index (Phi) is 6.78. The van der Waals surface area contributed by atoms with Crippen molar-refractivity contribution in [3.8, 4) is 40.0 Å². The molecule has 0 amide bonds. The zero-order valence-corrected chi connectivity index (χ0v) is 20.8. The van der Waals surface area contributed by atoms with E-state index in [0.717, 1.165) is 12.1 Å². The van der Waals surface area contributed by atoms with Crippen molar-refractivity contribution in [3.63, 3.8) is 0 Å². The van der Waals surface area contributed by atoms with E-state index in [1.165, 1.54) is 52.7 Å². The van der Waals surface area contributed by atoms with Gasteiger partial charge in [0.05, 0.1) is 27.9 Å². The number of aromatic nitrogens is 3. The zero-order valence-electron chi connectivity index (χ0n) is 19.2.